The summed E-state index contributed by atoms with van der Waals surface area (Å²) in [7, 11) is 1.81. The van der Waals surface area contributed by atoms with E-state index in [4.69, 9.17) is 11.5 Å². The highest BCUT2D eigenvalue weighted by atomic mass is 32.1. The van der Waals surface area contributed by atoms with Gasteiger partial charge in [0.15, 0.2) is 6.29 Å². The summed E-state index contributed by atoms with van der Waals surface area (Å²) in [4.78, 5) is 34.1. The summed E-state index contributed by atoms with van der Waals surface area (Å²) < 4.78 is 1.05. The van der Waals surface area contributed by atoms with Crippen LogP contribution >= 0.6 is 11.3 Å². The van der Waals surface area contributed by atoms with E-state index in [0.29, 0.717) is 31.5 Å². The SMILES string of the molecule is CC.CN1C(=N/C=C(/N)C=O)CCC1C(=O)NCc1cc2cnc(N)cc2s1. The number of nitrogens with one attached hydrogen (secondary N) is 1. The summed E-state index contributed by atoms with van der Waals surface area (Å²) in [5, 5.41) is 3.98. The van der Waals surface area contributed by atoms with Crippen LogP contribution in [0.5, 0.6) is 0 Å². The van der Waals surface area contributed by atoms with Crippen LogP contribution in [0, 0.1) is 0 Å². The number of thiophene rings is 1. The molecule has 0 radical (unpaired) electrons. The molecule has 28 heavy (non-hydrogen) atoms. The van der Waals surface area contributed by atoms with Gasteiger partial charge in [0.05, 0.1) is 18.4 Å². The van der Waals surface area contributed by atoms with Crippen LogP contribution < -0.4 is 16.8 Å². The van der Waals surface area contributed by atoms with Crippen molar-refractivity contribution in [3.05, 3.63) is 35.1 Å². The van der Waals surface area contributed by atoms with Gasteiger partial charge in [-0.1, -0.05) is 13.8 Å². The highest BCUT2D eigenvalue weighted by Gasteiger charge is 2.31. The lowest BCUT2D eigenvalue weighted by Gasteiger charge is -2.20. The smallest absolute Gasteiger partial charge is 0.243 e. The molecule has 1 aliphatic rings. The first kappa shape index (κ1) is 21.4. The number of likely N-dealkylation sites (N-methyl/N-ethyl adjacent to an activating group) is 1. The molecule has 8 nitrogen and oxygen atoms in total. The number of aldehydes is 1. The summed E-state index contributed by atoms with van der Waals surface area (Å²) in [6, 6.07) is 3.55. The zero-order valence-electron chi connectivity index (χ0n) is 16.3. The molecule has 1 saturated heterocycles. The fraction of sp³-hybridized carbons (Fsp3) is 0.368. The van der Waals surface area contributed by atoms with E-state index in [0.717, 1.165) is 20.8 Å². The average Bonchev–Trinajstić information content (AvgIpc) is 3.28. The van der Waals surface area contributed by atoms with Crippen molar-refractivity contribution in [1.29, 1.82) is 0 Å². The topological polar surface area (TPSA) is 127 Å². The summed E-state index contributed by atoms with van der Waals surface area (Å²) in [5.74, 6) is 1.16. The third-order valence-electron chi connectivity index (χ3n) is 4.23. The van der Waals surface area contributed by atoms with Crippen molar-refractivity contribution < 1.29 is 9.59 Å². The number of carbonyl (C=O) groups excluding carboxylic acids is 2. The Morgan fingerprint density at radius 1 is 1.46 bits per heavy atom. The summed E-state index contributed by atoms with van der Waals surface area (Å²) >= 11 is 1.58. The van der Waals surface area contributed by atoms with Crippen molar-refractivity contribution in [3.8, 4) is 0 Å². The Morgan fingerprint density at radius 2 is 2.21 bits per heavy atom. The molecule has 2 aromatic rings. The first-order valence-electron chi connectivity index (χ1n) is 9.10. The van der Waals surface area contributed by atoms with Gasteiger partial charge >= 0.3 is 0 Å². The minimum atomic E-state index is -0.286. The van der Waals surface area contributed by atoms with Crippen molar-refractivity contribution in [2.24, 2.45) is 10.7 Å². The second-order valence-corrected chi connectivity index (χ2v) is 7.20. The lowest BCUT2D eigenvalue weighted by Crippen LogP contribution is -2.42. The largest absolute Gasteiger partial charge is 0.395 e. The number of aromatic nitrogens is 1. The molecule has 0 bridgehead atoms. The Kier molecular flexibility index (Phi) is 7.51. The molecule has 5 N–H and O–H groups in total. The molecule has 1 unspecified atom stereocenters. The van der Waals surface area contributed by atoms with E-state index in [2.05, 4.69) is 15.3 Å². The summed E-state index contributed by atoms with van der Waals surface area (Å²) in [6.07, 6.45) is 4.92. The first-order valence-corrected chi connectivity index (χ1v) is 9.91. The van der Waals surface area contributed by atoms with E-state index in [1.807, 2.05) is 37.9 Å². The number of fused-ring (bicyclic) bond motifs is 1. The molecule has 150 valence electrons. The first-order chi connectivity index (χ1) is 13.5. The zero-order valence-corrected chi connectivity index (χ0v) is 17.1. The Hall–Kier alpha value is -2.94. The van der Waals surface area contributed by atoms with Crippen molar-refractivity contribution in [1.82, 2.24) is 15.2 Å². The van der Waals surface area contributed by atoms with Gasteiger partial charge < -0.3 is 21.7 Å². The van der Waals surface area contributed by atoms with E-state index in [1.165, 1.54) is 6.20 Å². The van der Waals surface area contributed by atoms with Crippen LogP contribution in [0.15, 0.2) is 35.2 Å². The van der Waals surface area contributed by atoms with Gasteiger partial charge in [0, 0.05) is 34.6 Å². The van der Waals surface area contributed by atoms with Crippen LogP contribution in [-0.2, 0) is 16.1 Å². The highest BCUT2D eigenvalue weighted by Crippen LogP contribution is 2.26. The van der Waals surface area contributed by atoms with Crippen molar-refractivity contribution in [2.45, 2.75) is 39.3 Å². The molecule has 3 rings (SSSR count). The van der Waals surface area contributed by atoms with Gasteiger partial charge in [-0.2, -0.15) is 0 Å². The quantitative estimate of drug-likeness (QED) is 0.519. The summed E-state index contributed by atoms with van der Waals surface area (Å²) in [6.45, 7) is 4.45. The van der Waals surface area contributed by atoms with Crippen LogP contribution in [0.25, 0.3) is 10.1 Å². The van der Waals surface area contributed by atoms with E-state index in [-0.39, 0.29) is 17.6 Å². The lowest BCUT2D eigenvalue weighted by molar-refractivity contribution is -0.124. The van der Waals surface area contributed by atoms with Gasteiger partial charge in [0.25, 0.3) is 0 Å². The monoisotopic (exact) mass is 402 g/mol. The maximum Gasteiger partial charge on any atom is 0.243 e. The van der Waals surface area contributed by atoms with E-state index in [9.17, 15) is 9.59 Å². The van der Waals surface area contributed by atoms with E-state index >= 15 is 0 Å². The van der Waals surface area contributed by atoms with E-state index in [1.54, 1.807) is 17.5 Å². The van der Waals surface area contributed by atoms with Crippen LogP contribution in [0.3, 0.4) is 0 Å². The standard InChI is InChI=1S/C17H20N6O2S.C2H6/c1-23-13(2-3-16(23)21-7-11(18)9-24)17(25)22-8-12-4-10-6-20-15(19)5-14(10)26-12;1-2/h4-7,9,13H,2-3,8,18H2,1H3,(H2,19,20)(H,22,25);1-2H3/b11-7+,21-16?;. The number of hydrogen-bond acceptors (Lipinski definition) is 7. The Balaban J connectivity index is 0.00000136. The lowest BCUT2D eigenvalue weighted by atomic mass is 10.2. The van der Waals surface area contributed by atoms with Crippen molar-refractivity contribution >= 4 is 45.3 Å². The number of pyridine rings is 1. The number of allylic oxidation sites excluding steroid dienone is 1. The Morgan fingerprint density at radius 3 is 2.93 bits per heavy atom. The third-order valence-corrected chi connectivity index (χ3v) is 5.33. The molecule has 9 heteroatoms. The fourth-order valence-electron chi connectivity index (χ4n) is 2.84. The number of rotatable bonds is 5. The number of nitrogens with zero attached hydrogens (tertiary/aromatic N) is 3. The van der Waals surface area contributed by atoms with Gasteiger partial charge in [-0.3, -0.25) is 9.59 Å². The minimum absolute atomic E-state index is 0.0543. The maximum atomic E-state index is 12.5. The van der Waals surface area contributed by atoms with Crippen LogP contribution in [0.4, 0.5) is 5.82 Å². The number of carbonyl (C=O) groups is 2. The molecule has 1 fully saturated rings. The molecule has 1 atom stereocenters. The van der Waals surface area contributed by atoms with Crippen molar-refractivity contribution in [2.75, 3.05) is 12.8 Å². The third kappa shape index (κ3) is 5.07. The Labute approximate surface area is 168 Å². The van der Waals surface area contributed by atoms with Gasteiger partial charge in [-0.15, -0.1) is 11.3 Å². The molecule has 1 aliphatic heterocycles. The maximum absolute atomic E-state index is 12.5. The number of anilines is 1. The number of amidine groups is 1. The number of nitrogen functional groups attached to an aromatic ring is 1. The number of likely N-dealkylation sites (tertiary alicyclic amines) is 1. The van der Waals surface area contributed by atoms with Gasteiger partial charge in [-0.05, 0) is 18.6 Å². The zero-order chi connectivity index (χ0) is 20.7. The number of nitrogens with two attached hydrogens (primary N) is 2. The molecule has 0 aliphatic carbocycles. The summed E-state index contributed by atoms with van der Waals surface area (Å²) in [5.41, 5.74) is 11.2. The predicted molar refractivity (Wildman–Crippen MR) is 114 cm³/mol. The average molecular weight is 403 g/mol. The van der Waals surface area contributed by atoms with Crippen LogP contribution in [0.1, 0.15) is 31.6 Å². The van der Waals surface area contributed by atoms with Crippen molar-refractivity contribution in [3.63, 3.8) is 0 Å². The molecule has 3 heterocycles. The van der Waals surface area contributed by atoms with Crippen LogP contribution in [0.2, 0.25) is 0 Å². The van der Waals surface area contributed by atoms with Gasteiger partial charge in [0.1, 0.15) is 17.7 Å². The molecule has 1 amide bonds. The number of aliphatic imine (C=N–C) groups is 1. The minimum Gasteiger partial charge on any atom is -0.395 e. The molecule has 2 aromatic heterocycles. The normalized spacial score (nSPS) is 18.1. The van der Waals surface area contributed by atoms with Gasteiger partial charge in [0.2, 0.25) is 5.91 Å². The number of amides is 1. The van der Waals surface area contributed by atoms with Crippen LogP contribution in [-0.4, -0.2) is 41.0 Å². The van der Waals surface area contributed by atoms with Gasteiger partial charge in [-0.25, -0.2) is 9.98 Å². The Bertz CT molecular complexity index is 905. The molecule has 0 saturated carbocycles. The number of hydrogen-bond donors (Lipinski definition) is 3. The second kappa shape index (κ2) is 9.84. The fourth-order valence-corrected chi connectivity index (χ4v) is 3.86. The predicted octanol–water partition coefficient (Wildman–Crippen LogP) is 2.01. The molecular formula is C19H26N6O2S. The second-order valence-electron chi connectivity index (χ2n) is 6.04. The highest BCUT2D eigenvalue weighted by molar-refractivity contribution is 7.19. The van der Waals surface area contributed by atoms with E-state index < -0.39 is 0 Å². The molecular weight excluding hydrogens is 376 g/mol. The molecule has 0 spiro atoms. The molecule has 0 aromatic carbocycles.